The number of carbonyl (C=O) groups is 2. The lowest BCUT2D eigenvalue weighted by atomic mass is 10.2. The van der Waals surface area contributed by atoms with E-state index in [4.69, 9.17) is 9.15 Å². The predicted octanol–water partition coefficient (Wildman–Crippen LogP) is 3.18. The van der Waals surface area contributed by atoms with Crippen LogP contribution < -0.4 is 11.1 Å². The highest BCUT2D eigenvalue weighted by molar-refractivity contribution is 5.95. The smallest absolute Gasteiger partial charge is 0.420 e. The van der Waals surface area contributed by atoms with Crippen LogP contribution in [0, 0.1) is 0 Å². The zero-order chi connectivity index (χ0) is 21.2. The molecule has 0 aliphatic rings. The van der Waals surface area contributed by atoms with Gasteiger partial charge in [-0.25, -0.2) is 4.79 Å². The first-order valence-corrected chi connectivity index (χ1v) is 8.41. The Hall–Kier alpha value is -3.56. The molecule has 0 aliphatic carbocycles. The average molecular weight is 408 g/mol. The lowest BCUT2D eigenvalue weighted by Gasteiger charge is -2.14. The van der Waals surface area contributed by atoms with Gasteiger partial charge in [0.2, 0.25) is 0 Å². The number of benzene rings is 2. The quantitative estimate of drug-likeness (QED) is 0.655. The van der Waals surface area contributed by atoms with Crippen molar-refractivity contribution in [1.29, 1.82) is 0 Å². The Labute approximate surface area is 161 Å². The summed E-state index contributed by atoms with van der Waals surface area (Å²) >= 11 is 0. The van der Waals surface area contributed by atoms with Gasteiger partial charge in [-0.3, -0.25) is 14.2 Å². The number of carbonyl (C=O) groups excluding carboxylic acids is 2. The Bertz CT molecular complexity index is 1100. The van der Waals surface area contributed by atoms with Crippen LogP contribution in [0.25, 0.3) is 11.1 Å². The van der Waals surface area contributed by atoms with Crippen LogP contribution in [0.3, 0.4) is 0 Å². The Kier molecular flexibility index (Phi) is 5.44. The molecule has 1 N–H and O–H groups in total. The maximum Gasteiger partial charge on any atom is 0.420 e. The number of hydrogen-bond donors (Lipinski definition) is 1. The van der Waals surface area contributed by atoms with E-state index in [2.05, 4.69) is 5.32 Å². The van der Waals surface area contributed by atoms with Crippen molar-refractivity contribution in [2.45, 2.75) is 25.7 Å². The number of ether oxygens (including phenoxy) is 1. The molecule has 0 saturated heterocycles. The molecule has 0 aliphatic heterocycles. The summed E-state index contributed by atoms with van der Waals surface area (Å²) in [7, 11) is 0. The third kappa shape index (κ3) is 4.65. The van der Waals surface area contributed by atoms with E-state index in [1.165, 1.54) is 6.92 Å². The van der Waals surface area contributed by atoms with Gasteiger partial charge in [-0.15, -0.1) is 0 Å². The van der Waals surface area contributed by atoms with E-state index < -0.39 is 42.0 Å². The van der Waals surface area contributed by atoms with Crippen LogP contribution in [0.15, 0.2) is 57.7 Å². The van der Waals surface area contributed by atoms with E-state index in [1.807, 2.05) is 0 Å². The molecule has 0 bridgehead atoms. The number of esters is 1. The Morgan fingerprint density at radius 2 is 1.79 bits per heavy atom. The van der Waals surface area contributed by atoms with Crippen LogP contribution in [0.5, 0.6) is 0 Å². The number of alkyl halides is 3. The third-order valence-corrected chi connectivity index (χ3v) is 4.02. The number of oxazole rings is 1. The number of nitrogens with zero attached hydrogens (tertiary/aromatic N) is 1. The summed E-state index contributed by atoms with van der Waals surface area (Å²) in [5.74, 6) is -2.33. The number of nitrogens with one attached hydrogen (secondary N) is 1. The number of amides is 1. The molecule has 0 spiro atoms. The molecular formula is C19H15F3N2O5. The molecule has 1 atom stereocenters. The summed E-state index contributed by atoms with van der Waals surface area (Å²) in [6.07, 6.45) is -5.72. The molecule has 0 saturated carbocycles. The topological polar surface area (TPSA) is 90.5 Å². The summed E-state index contributed by atoms with van der Waals surface area (Å²) in [5.41, 5.74) is -0.0367. The number of fused-ring (bicyclic) bond motifs is 1. The first-order valence-electron chi connectivity index (χ1n) is 8.41. The number of anilines is 1. The Morgan fingerprint density at radius 3 is 2.45 bits per heavy atom. The van der Waals surface area contributed by atoms with Crippen LogP contribution in [0.1, 0.15) is 12.5 Å². The highest BCUT2D eigenvalue weighted by atomic mass is 19.4. The van der Waals surface area contributed by atoms with Crippen molar-refractivity contribution >= 4 is 28.7 Å². The maximum absolute atomic E-state index is 12.6. The summed E-state index contributed by atoms with van der Waals surface area (Å²) in [6.45, 7) is 0.835. The second-order valence-corrected chi connectivity index (χ2v) is 6.12. The fourth-order valence-electron chi connectivity index (χ4n) is 2.57. The summed E-state index contributed by atoms with van der Waals surface area (Å²) in [6, 6.07) is 10.3. The summed E-state index contributed by atoms with van der Waals surface area (Å²) in [4.78, 5) is 36.1. The van der Waals surface area contributed by atoms with E-state index >= 15 is 0 Å². The fraction of sp³-hybridized carbons (Fsp3) is 0.211. The molecule has 1 aromatic heterocycles. The van der Waals surface area contributed by atoms with Gasteiger partial charge in [0.05, 0.1) is 11.1 Å². The van der Waals surface area contributed by atoms with Gasteiger partial charge in [0, 0.05) is 5.69 Å². The van der Waals surface area contributed by atoms with Crippen molar-refractivity contribution < 1.29 is 31.9 Å². The maximum atomic E-state index is 12.6. The van der Waals surface area contributed by atoms with E-state index in [-0.39, 0.29) is 5.69 Å². The molecule has 0 fully saturated rings. The summed E-state index contributed by atoms with van der Waals surface area (Å²) in [5, 5.41) is 2.36. The molecule has 1 unspecified atom stereocenters. The minimum absolute atomic E-state index is 0.114. The van der Waals surface area contributed by atoms with E-state index in [1.54, 1.807) is 24.3 Å². The molecule has 3 rings (SSSR count). The molecule has 10 heteroatoms. The van der Waals surface area contributed by atoms with Crippen LogP contribution in [-0.4, -0.2) is 22.5 Å². The lowest BCUT2D eigenvalue weighted by molar-refractivity contribution is -0.153. The highest BCUT2D eigenvalue weighted by Gasteiger charge is 2.30. The van der Waals surface area contributed by atoms with Gasteiger partial charge in [0.25, 0.3) is 5.91 Å². The van der Waals surface area contributed by atoms with Gasteiger partial charge in [0.1, 0.15) is 6.54 Å². The van der Waals surface area contributed by atoms with Crippen molar-refractivity contribution in [1.82, 2.24) is 4.57 Å². The number of halogens is 3. The van der Waals surface area contributed by atoms with Gasteiger partial charge in [-0.2, -0.15) is 13.2 Å². The van der Waals surface area contributed by atoms with E-state index in [0.29, 0.717) is 11.1 Å². The predicted molar refractivity (Wildman–Crippen MR) is 96.1 cm³/mol. The molecule has 152 valence electrons. The standard InChI is InChI=1S/C19H15F3N2O5/c1-11(17(26)23-13-8-6-12(7-9-13)19(20,21)22)28-16(25)10-24-14-4-2-3-5-15(14)29-18(24)27/h2-9,11H,10H2,1H3,(H,23,26). The van der Waals surface area contributed by atoms with Crippen molar-refractivity contribution in [3.8, 4) is 0 Å². The number of hydrogen-bond acceptors (Lipinski definition) is 5. The van der Waals surface area contributed by atoms with Crippen LogP contribution in [0.4, 0.5) is 18.9 Å². The second-order valence-electron chi connectivity index (χ2n) is 6.12. The third-order valence-electron chi connectivity index (χ3n) is 4.02. The van der Waals surface area contributed by atoms with Crippen molar-refractivity contribution in [3.63, 3.8) is 0 Å². The normalized spacial score (nSPS) is 12.6. The van der Waals surface area contributed by atoms with Crippen molar-refractivity contribution in [2.24, 2.45) is 0 Å². The van der Waals surface area contributed by atoms with Crippen molar-refractivity contribution in [3.05, 3.63) is 64.6 Å². The van der Waals surface area contributed by atoms with Gasteiger partial charge in [0.15, 0.2) is 11.7 Å². The van der Waals surface area contributed by atoms with Crippen LogP contribution in [-0.2, 0) is 27.0 Å². The minimum atomic E-state index is -4.49. The summed E-state index contributed by atoms with van der Waals surface area (Å²) < 4.78 is 48.8. The molecule has 1 heterocycles. The zero-order valence-corrected chi connectivity index (χ0v) is 15.0. The second kappa shape index (κ2) is 7.82. The molecule has 29 heavy (non-hydrogen) atoms. The van der Waals surface area contributed by atoms with E-state index in [9.17, 15) is 27.6 Å². The van der Waals surface area contributed by atoms with E-state index in [0.717, 1.165) is 28.8 Å². The van der Waals surface area contributed by atoms with Gasteiger partial charge < -0.3 is 14.5 Å². The average Bonchev–Trinajstić information content (AvgIpc) is 2.96. The molecule has 1 amide bonds. The first-order chi connectivity index (χ1) is 13.6. The van der Waals surface area contributed by atoms with Gasteiger partial charge >= 0.3 is 17.9 Å². The Balaban J connectivity index is 1.61. The zero-order valence-electron chi connectivity index (χ0n) is 15.0. The number of aromatic nitrogens is 1. The highest BCUT2D eigenvalue weighted by Crippen LogP contribution is 2.29. The molecule has 0 radical (unpaired) electrons. The minimum Gasteiger partial charge on any atom is -0.451 e. The number of rotatable bonds is 5. The lowest BCUT2D eigenvalue weighted by Crippen LogP contribution is -2.32. The first kappa shape index (κ1) is 20.2. The molecule has 2 aromatic carbocycles. The van der Waals surface area contributed by atoms with Crippen LogP contribution >= 0.6 is 0 Å². The molecule has 3 aromatic rings. The largest absolute Gasteiger partial charge is 0.451 e. The van der Waals surface area contributed by atoms with Crippen LogP contribution in [0.2, 0.25) is 0 Å². The molecule has 7 nitrogen and oxygen atoms in total. The molecular weight excluding hydrogens is 393 g/mol. The van der Waals surface area contributed by atoms with Gasteiger partial charge in [-0.05, 0) is 43.3 Å². The van der Waals surface area contributed by atoms with Gasteiger partial charge in [-0.1, -0.05) is 12.1 Å². The fourth-order valence-corrected chi connectivity index (χ4v) is 2.57. The SMILES string of the molecule is CC(OC(=O)Cn1c(=O)oc2ccccc21)C(=O)Nc1ccc(C(F)(F)F)cc1. The monoisotopic (exact) mass is 408 g/mol. The van der Waals surface area contributed by atoms with Crippen molar-refractivity contribution in [2.75, 3.05) is 5.32 Å². The Morgan fingerprint density at radius 1 is 1.14 bits per heavy atom. The number of para-hydroxylation sites is 2.